The highest BCUT2D eigenvalue weighted by molar-refractivity contribution is 5.73. The van der Waals surface area contributed by atoms with Gasteiger partial charge >= 0.3 is 5.97 Å². The summed E-state index contributed by atoms with van der Waals surface area (Å²) >= 11 is 0. The van der Waals surface area contributed by atoms with E-state index in [1.54, 1.807) is 12.1 Å². The Hall–Kier alpha value is -2.40. The van der Waals surface area contributed by atoms with Crippen molar-refractivity contribution in [1.29, 1.82) is 0 Å². The molecule has 0 amide bonds. The summed E-state index contributed by atoms with van der Waals surface area (Å²) in [6.45, 7) is 4.74. The van der Waals surface area contributed by atoms with Crippen molar-refractivity contribution >= 4 is 5.97 Å². The SMILES string of the molecule is CC(C)Oc1ccc(F)c(-c2ccc(COCC3CC3C(=O)O)cc2)c1. The molecule has 0 aliphatic heterocycles. The van der Waals surface area contributed by atoms with Crippen LogP contribution in [0.1, 0.15) is 25.8 Å². The third kappa shape index (κ3) is 4.61. The number of rotatable bonds is 8. The number of aliphatic carboxylic acids is 1. The molecule has 0 radical (unpaired) electrons. The molecule has 1 aliphatic rings. The molecule has 5 heteroatoms. The molecule has 4 nitrogen and oxygen atoms in total. The second-order valence-electron chi connectivity index (χ2n) is 6.96. The summed E-state index contributed by atoms with van der Waals surface area (Å²) < 4.78 is 25.4. The topological polar surface area (TPSA) is 55.8 Å². The Kier molecular flexibility index (Phi) is 5.57. The maximum absolute atomic E-state index is 14.2. The molecular weight excluding hydrogens is 335 g/mol. The average Bonchev–Trinajstić information content (AvgIpc) is 3.37. The van der Waals surface area contributed by atoms with Gasteiger partial charge in [-0.2, -0.15) is 0 Å². The van der Waals surface area contributed by atoms with Crippen LogP contribution in [0.2, 0.25) is 0 Å². The molecule has 0 bridgehead atoms. The zero-order valence-electron chi connectivity index (χ0n) is 14.9. The molecule has 0 heterocycles. The molecule has 26 heavy (non-hydrogen) atoms. The van der Waals surface area contributed by atoms with Gasteiger partial charge in [-0.1, -0.05) is 24.3 Å². The Morgan fingerprint density at radius 1 is 1.23 bits per heavy atom. The Bertz CT molecular complexity index is 770. The van der Waals surface area contributed by atoms with Gasteiger partial charge in [0.25, 0.3) is 0 Å². The number of halogens is 1. The number of hydrogen-bond donors (Lipinski definition) is 1. The Morgan fingerprint density at radius 3 is 2.58 bits per heavy atom. The Labute approximate surface area is 152 Å². The van der Waals surface area contributed by atoms with Gasteiger partial charge in [0.05, 0.1) is 25.2 Å². The maximum Gasteiger partial charge on any atom is 0.306 e. The fourth-order valence-corrected chi connectivity index (χ4v) is 2.91. The molecule has 2 unspecified atom stereocenters. The van der Waals surface area contributed by atoms with Crippen LogP contribution in [0.15, 0.2) is 42.5 Å². The normalized spacial score (nSPS) is 18.8. The first-order valence-corrected chi connectivity index (χ1v) is 8.80. The van der Waals surface area contributed by atoms with Gasteiger partial charge in [-0.3, -0.25) is 4.79 Å². The van der Waals surface area contributed by atoms with Gasteiger partial charge in [0.1, 0.15) is 11.6 Å². The van der Waals surface area contributed by atoms with E-state index in [0.717, 1.165) is 11.1 Å². The number of carboxylic acid groups (broad SMARTS) is 1. The number of carbonyl (C=O) groups is 1. The first-order chi connectivity index (χ1) is 12.4. The Balaban J connectivity index is 1.60. The average molecular weight is 358 g/mol. The van der Waals surface area contributed by atoms with E-state index in [-0.39, 0.29) is 23.8 Å². The highest BCUT2D eigenvalue weighted by Gasteiger charge is 2.43. The molecule has 1 fully saturated rings. The van der Waals surface area contributed by atoms with Gasteiger partial charge < -0.3 is 14.6 Å². The highest BCUT2D eigenvalue weighted by Crippen LogP contribution is 2.38. The molecule has 138 valence electrons. The third-order valence-electron chi connectivity index (χ3n) is 4.41. The minimum atomic E-state index is -0.742. The lowest BCUT2D eigenvalue weighted by atomic mass is 10.0. The lowest BCUT2D eigenvalue weighted by Crippen LogP contribution is -2.05. The number of ether oxygens (including phenoxy) is 2. The van der Waals surface area contributed by atoms with Crippen molar-refractivity contribution in [2.24, 2.45) is 11.8 Å². The highest BCUT2D eigenvalue weighted by atomic mass is 19.1. The molecule has 1 saturated carbocycles. The zero-order valence-corrected chi connectivity index (χ0v) is 14.9. The van der Waals surface area contributed by atoms with E-state index < -0.39 is 5.97 Å². The predicted molar refractivity (Wildman–Crippen MR) is 96.5 cm³/mol. The standard InChI is InChI=1S/C21H23FO4/c1-13(2)26-17-7-8-20(22)18(10-17)15-5-3-14(4-6-15)11-25-12-16-9-19(16)21(23)24/h3-8,10,13,16,19H,9,11-12H2,1-2H3,(H,23,24). The third-order valence-corrected chi connectivity index (χ3v) is 4.41. The van der Waals surface area contributed by atoms with E-state index in [4.69, 9.17) is 14.6 Å². The van der Waals surface area contributed by atoms with Crippen LogP contribution in [-0.4, -0.2) is 23.8 Å². The van der Waals surface area contributed by atoms with Crippen molar-refractivity contribution in [1.82, 2.24) is 0 Å². The van der Waals surface area contributed by atoms with E-state index in [9.17, 15) is 9.18 Å². The predicted octanol–water partition coefficient (Wildman–Crippen LogP) is 4.52. The van der Waals surface area contributed by atoms with Gasteiger partial charge in [0, 0.05) is 5.56 Å². The van der Waals surface area contributed by atoms with Crippen molar-refractivity contribution in [3.8, 4) is 16.9 Å². The molecule has 0 aromatic heterocycles. The van der Waals surface area contributed by atoms with Crippen LogP contribution in [0.5, 0.6) is 5.75 Å². The van der Waals surface area contributed by atoms with Crippen molar-refractivity contribution in [3.63, 3.8) is 0 Å². The molecule has 2 aromatic rings. The van der Waals surface area contributed by atoms with Crippen LogP contribution in [0.4, 0.5) is 4.39 Å². The van der Waals surface area contributed by atoms with E-state index in [1.165, 1.54) is 6.07 Å². The molecule has 2 atom stereocenters. The number of carboxylic acids is 1. The lowest BCUT2D eigenvalue weighted by Gasteiger charge is -2.12. The van der Waals surface area contributed by atoms with Gasteiger partial charge in [-0.25, -0.2) is 4.39 Å². The first-order valence-electron chi connectivity index (χ1n) is 8.80. The number of benzene rings is 2. The second-order valence-corrected chi connectivity index (χ2v) is 6.96. The molecule has 1 N–H and O–H groups in total. The fourth-order valence-electron chi connectivity index (χ4n) is 2.91. The van der Waals surface area contributed by atoms with Crippen LogP contribution >= 0.6 is 0 Å². The molecule has 0 saturated heterocycles. The van der Waals surface area contributed by atoms with Crippen molar-refractivity contribution in [2.45, 2.75) is 33.0 Å². The summed E-state index contributed by atoms with van der Waals surface area (Å²) in [6.07, 6.45) is 0.725. The van der Waals surface area contributed by atoms with Crippen LogP contribution in [-0.2, 0) is 16.1 Å². The number of hydrogen-bond acceptors (Lipinski definition) is 3. The minimum Gasteiger partial charge on any atom is -0.491 e. The Morgan fingerprint density at radius 2 is 1.96 bits per heavy atom. The van der Waals surface area contributed by atoms with E-state index in [1.807, 2.05) is 38.1 Å². The van der Waals surface area contributed by atoms with Crippen LogP contribution in [0.3, 0.4) is 0 Å². The first kappa shape index (κ1) is 18.4. The van der Waals surface area contributed by atoms with Crippen molar-refractivity contribution < 1.29 is 23.8 Å². The van der Waals surface area contributed by atoms with Gasteiger partial charge in [-0.15, -0.1) is 0 Å². The van der Waals surface area contributed by atoms with Crippen LogP contribution in [0.25, 0.3) is 11.1 Å². The largest absolute Gasteiger partial charge is 0.491 e. The van der Waals surface area contributed by atoms with Crippen molar-refractivity contribution in [2.75, 3.05) is 6.61 Å². The summed E-state index contributed by atoms with van der Waals surface area (Å²) in [5, 5.41) is 8.87. The summed E-state index contributed by atoms with van der Waals surface area (Å²) in [4.78, 5) is 10.8. The van der Waals surface area contributed by atoms with Crippen LogP contribution < -0.4 is 4.74 Å². The molecular formula is C21H23FO4. The second kappa shape index (κ2) is 7.87. The monoisotopic (exact) mass is 358 g/mol. The lowest BCUT2D eigenvalue weighted by molar-refractivity contribution is -0.139. The maximum atomic E-state index is 14.2. The summed E-state index contributed by atoms with van der Waals surface area (Å²) in [5.74, 6) is -0.515. The van der Waals surface area contributed by atoms with E-state index >= 15 is 0 Å². The zero-order chi connectivity index (χ0) is 18.7. The summed E-state index contributed by atoms with van der Waals surface area (Å²) in [5.41, 5.74) is 2.24. The minimum absolute atomic E-state index is 0.0278. The molecule has 1 aliphatic carbocycles. The quantitative estimate of drug-likeness (QED) is 0.754. The molecule has 2 aromatic carbocycles. The van der Waals surface area contributed by atoms with Gasteiger partial charge in [0.15, 0.2) is 0 Å². The van der Waals surface area contributed by atoms with Gasteiger partial charge in [-0.05, 0) is 55.5 Å². The molecule has 0 spiro atoms. The van der Waals surface area contributed by atoms with Crippen molar-refractivity contribution in [3.05, 3.63) is 53.8 Å². The van der Waals surface area contributed by atoms with Gasteiger partial charge in [0.2, 0.25) is 0 Å². The van der Waals surface area contributed by atoms with Crippen LogP contribution in [0, 0.1) is 17.7 Å². The summed E-state index contributed by atoms with van der Waals surface area (Å²) in [6, 6.07) is 12.3. The smallest absolute Gasteiger partial charge is 0.306 e. The fraction of sp³-hybridized carbons (Fsp3) is 0.381. The van der Waals surface area contributed by atoms with E-state index in [0.29, 0.717) is 30.9 Å². The van der Waals surface area contributed by atoms with E-state index in [2.05, 4.69) is 0 Å². The summed E-state index contributed by atoms with van der Waals surface area (Å²) in [7, 11) is 0. The molecule has 3 rings (SSSR count).